The average molecular weight is 397 g/mol. The normalized spacial score (nSPS) is 16.4. The number of hydrogen-bond acceptors (Lipinski definition) is 8. The Morgan fingerprint density at radius 1 is 1.25 bits per heavy atom. The van der Waals surface area contributed by atoms with Crippen molar-refractivity contribution in [1.29, 1.82) is 0 Å². The van der Waals surface area contributed by atoms with Crippen molar-refractivity contribution in [2.45, 2.75) is 13.0 Å². The summed E-state index contributed by atoms with van der Waals surface area (Å²) in [7, 11) is 0. The first-order valence-corrected chi connectivity index (χ1v) is 8.88. The highest BCUT2D eigenvalue weighted by Gasteiger charge is 2.27. The fourth-order valence-electron chi connectivity index (χ4n) is 3.10. The van der Waals surface area contributed by atoms with Crippen LogP contribution in [-0.4, -0.2) is 38.4 Å². The van der Waals surface area contributed by atoms with E-state index >= 15 is 0 Å². The predicted molar refractivity (Wildman–Crippen MR) is 102 cm³/mol. The molecule has 28 heavy (non-hydrogen) atoms. The molecule has 10 heteroatoms. The molecule has 1 amide bonds. The number of ether oxygens (including phenoxy) is 1. The maximum atomic E-state index is 12.4. The van der Waals surface area contributed by atoms with Crippen LogP contribution in [0, 0.1) is 0 Å². The number of nitrogens with one attached hydrogen (secondary N) is 2. The molecule has 4 aromatic rings. The van der Waals surface area contributed by atoms with Gasteiger partial charge in [0.05, 0.1) is 22.8 Å². The van der Waals surface area contributed by atoms with Crippen LogP contribution in [0.25, 0.3) is 22.0 Å². The first-order chi connectivity index (χ1) is 13.6. The molecular weight excluding hydrogens is 384 g/mol. The van der Waals surface area contributed by atoms with Crippen molar-refractivity contribution < 1.29 is 13.9 Å². The highest BCUT2D eigenvalue weighted by molar-refractivity contribution is 6.29. The summed E-state index contributed by atoms with van der Waals surface area (Å²) >= 11 is 5.84. The van der Waals surface area contributed by atoms with E-state index in [0.717, 1.165) is 0 Å². The molecule has 0 saturated heterocycles. The van der Waals surface area contributed by atoms with E-state index in [2.05, 4.69) is 30.6 Å². The number of furan rings is 1. The quantitative estimate of drug-likeness (QED) is 0.496. The van der Waals surface area contributed by atoms with Gasteiger partial charge in [-0.3, -0.25) is 4.79 Å². The zero-order valence-electron chi connectivity index (χ0n) is 14.6. The largest absolute Gasteiger partial charge is 0.449 e. The molecule has 1 aliphatic heterocycles. The third kappa shape index (κ3) is 2.76. The third-order valence-corrected chi connectivity index (χ3v) is 4.54. The van der Waals surface area contributed by atoms with Crippen molar-refractivity contribution in [1.82, 2.24) is 25.3 Å². The molecule has 1 unspecified atom stereocenters. The molecule has 5 rings (SSSR count). The Hall–Kier alpha value is -3.46. The van der Waals surface area contributed by atoms with Crippen molar-refractivity contribution in [2.24, 2.45) is 0 Å². The summed E-state index contributed by atoms with van der Waals surface area (Å²) in [5, 5.41) is 7.12. The number of amides is 1. The fraction of sp³-hybridized carbons (Fsp3) is 0.167. The molecule has 2 N–H and O–H groups in total. The number of benzene rings is 1. The number of nitrogens with zero attached hydrogens (tertiary/aromatic N) is 4. The molecule has 140 valence electrons. The van der Waals surface area contributed by atoms with Gasteiger partial charge in [-0.1, -0.05) is 11.6 Å². The van der Waals surface area contributed by atoms with Gasteiger partial charge in [0, 0.05) is 18.7 Å². The van der Waals surface area contributed by atoms with E-state index in [0.29, 0.717) is 34.2 Å². The number of aromatic nitrogens is 4. The molecule has 0 radical (unpaired) electrons. The molecule has 4 heterocycles. The van der Waals surface area contributed by atoms with Crippen molar-refractivity contribution >= 4 is 45.2 Å². The Labute approximate surface area is 163 Å². The summed E-state index contributed by atoms with van der Waals surface area (Å²) in [5.41, 5.74) is 2.37. The predicted octanol–water partition coefficient (Wildman–Crippen LogP) is 3.16. The highest BCUT2D eigenvalue weighted by Crippen LogP contribution is 2.36. The zero-order valence-corrected chi connectivity index (χ0v) is 15.3. The van der Waals surface area contributed by atoms with Gasteiger partial charge in [-0.2, -0.15) is 0 Å². The summed E-state index contributed by atoms with van der Waals surface area (Å²) in [6, 6.07) is 4.97. The minimum absolute atomic E-state index is 0.0223. The summed E-state index contributed by atoms with van der Waals surface area (Å²) in [6.07, 6.45) is 2.78. The van der Waals surface area contributed by atoms with Crippen LogP contribution < -0.4 is 15.4 Å². The molecule has 0 saturated carbocycles. The van der Waals surface area contributed by atoms with Gasteiger partial charge in [0.25, 0.3) is 5.91 Å². The Bertz CT molecular complexity index is 1240. The lowest BCUT2D eigenvalue weighted by Gasteiger charge is -2.09. The number of carbonyl (C=O) groups excluding carboxylic acids is 1. The van der Waals surface area contributed by atoms with Crippen molar-refractivity contribution in [3.05, 3.63) is 41.6 Å². The second-order valence-corrected chi connectivity index (χ2v) is 6.74. The molecule has 1 aliphatic rings. The van der Waals surface area contributed by atoms with Crippen LogP contribution in [0.15, 0.2) is 35.1 Å². The van der Waals surface area contributed by atoms with Gasteiger partial charge >= 0.3 is 0 Å². The van der Waals surface area contributed by atoms with Crippen molar-refractivity contribution in [3.8, 4) is 11.8 Å². The molecule has 0 spiro atoms. The van der Waals surface area contributed by atoms with Crippen molar-refractivity contribution in [3.63, 3.8) is 0 Å². The first kappa shape index (κ1) is 16.7. The van der Waals surface area contributed by atoms with E-state index in [1.165, 1.54) is 18.6 Å². The molecule has 9 nitrogen and oxygen atoms in total. The fourth-order valence-corrected chi connectivity index (χ4v) is 3.24. The Balaban J connectivity index is 1.62. The summed E-state index contributed by atoms with van der Waals surface area (Å²) in [5.74, 6) is 0.504. The van der Waals surface area contributed by atoms with Gasteiger partial charge in [-0.25, -0.2) is 19.9 Å². The minimum Gasteiger partial charge on any atom is -0.449 e. The SMILES string of the molecule is CC1CNc2c(oc3ccc4nc(Oc5cc(Cl)ncn5)cnc4c23)C(=O)N1. The number of rotatable bonds is 2. The molecule has 0 aliphatic carbocycles. The Morgan fingerprint density at radius 3 is 3.00 bits per heavy atom. The Kier molecular flexibility index (Phi) is 3.76. The molecule has 1 aromatic carbocycles. The smallest absolute Gasteiger partial charge is 0.289 e. The van der Waals surface area contributed by atoms with E-state index < -0.39 is 0 Å². The molecular formula is C18H13ClN6O3. The monoisotopic (exact) mass is 396 g/mol. The maximum absolute atomic E-state index is 12.4. The lowest BCUT2D eigenvalue weighted by atomic mass is 10.1. The number of fused-ring (bicyclic) bond motifs is 5. The van der Waals surface area contributed by atoms with Crippen LogP contribution in [0.3, 0.4) is 0 Å². The number of hydrogen-bond donors (Lipinski definition) is 2. The van der Waals surface area contributed by atoms with E-state index in [9.17, 15) is 4.79 Å². The summed E-state index contributed by atoms with van der Waals surface area (Å²) < 4.78 is 11.4. The van der Waals surface area contributed by atoms with E-state index in [4.69, 9.17) is 20.8 Å². The van der Waals surface area contributed by atoms with Crippen LogP contribution >= 0.6 is 11.6 Å². The van der Waals surface area contributed by atoms with Crippen LogP contribution in [0.4, 0.5) is 5.69 Å². The second kappa shape index (κ2) is 6.31. The average Bonchev–Trinajstić information content (AvgIpc) is 2.99. The number of carbonyl (C=O) groups is 1. The lowest BCUT2D eigenvalue weighted by molar-refractivity contribution is 0.0920. The van der Waals surface area contributed by atoms with E-state index in [1.807, 2.05) is 6.92 Å². The molecule has 3 aromatic heterocycles. The Morgan fingerprint density at radius 2 is 2.14 bits per heavy atom. The molecule has 0 fully saturated rings. The zero-order chi connectivity index (χ0) is 19.3. The number of halogens is 1. The third-order valence-electron chi connectivity index (χ3n) is 4.33. The van der Waals surface area contributed by atoms with Crippen molar-refractivity contribution in [2.75, 3.05) is 11.9 Å². The minimum atomic E-state index is -0.259. The molecule has 1 atom stereocenters. The topological polar surface area (TPSA) is 115 Å². The van der Waals surface area contributed by atoms with Gasteiger partial charge in [0.1, 0.15) is 22.6 Å². The van der Waals surface area contributed by atoms with Gasteiger partial charge in [0.15, 0.2) is 0 Å². The second-order valence-electron chi connectivity index (χ2n) is 6.36. The van der Waals surface area contributed by atoms with Gasteiger partial charge in [-0.05, 0) is 19.1 Å². The number of anilines is 1. The van der Waals surface area contributed by atoms with Gasteiger partial charge in [-0.15, -0.1) is 0 Å². The summed E-state index contributed by atoms with van der Waals surface area (Å²) in [6.45, 7) is 2.49. The van der Waals surface area contributed by atoms with Crippen LogP contribution in [-0.2, 0) is 0 Å². The van der Waals surface area contributed by atoms with Gasteiger partial charge in [0.2, 0.25) is 17.5 Å². The maximum Gasteiger partial charge on any atom is 0.289 e. The highest BCUT2D eigenvalue weighted by atomic mass is 35.5. The van der Waals surface area contributed by atoms with Crippen LogP contribution in [0.1, 0.15) is 17.5 Å². The van der Waals surface area contributed by atoms with Crippen LogP contribution in [0.2, 0.25) is 5.15 Å². The van der Waals surface area contributed by atoms with E-state index in [-0.39, 0.29) is 34.6 Å². The van der Waals surface area contributed by atoms with Crippen LogP contribution in [0.5, 0.6) is 11.8 Å². The summed E-state index contributed by atoms with van der Waals surface area (Å²) in [4.78, 5) is 29.1. The lowest BCUT2D eigenvalue weighted by Crippen LogP contribution is -2.34. The van der Waals surface area contributed by atoms with Gasteiger partial charge < -0.3 is 19.8 Å². The first-order valence-electron chi connectivity index (χ1n) is 8.51. The standard InChI is InChI=1S/C18H13ClN6O3/c1-8-5-20-16-14-10(27-17(16)18(26)24-8)3-2-9-15(14)21-6-13(25-9)28-12-4-11(19)22-7-23-12/h2-4,6-8,20H,5H2,1H3,(H,24,26). The van der Waals surface area contributed by atoms with E-state index in [1.54, 1.807) is 12.1 Å². The molecule has 0 bridgehead atoms.